The molecule has 3 nitrogen and oxygen atoms in total. The molecule has 0 bridgehead atoms. The van der Waals surface area contributed by atoms with Gasteiger partial charge >= 0.3 is 0 Å². The van der Waals surface area contributed by atoms with Crippen molar-refractivity contribution < 1.29 is 4.79 Å². The third-order valence-corrected chi connectivity index (χ3v) is 4.71. The van der Waals surface area contributed by atoms with E-state index in [0.717, 1.165) is 24.1 Å². The number of rotatable bonds is 8. The molecule has 0 saturated heterocycles. The highest BCUT2D eigenvalue weighted by molar-refractivity contribution is 5.95. The van der Waals surface area contributed by atoms with Crippen LogP contribution in [0.15, 0.2) is 48.5 Å². The summed E-state index contributed by atoms with van der Waals surface area (Å²) in [6.07, 6.45) is 1.06. The first-order valence-electron chi connectivity index (χ1n) is 9.91. The maximum absolute atomic E-state index is 12.8. The Morgan fingerprint density at radius 2 is 1.59 bits per heavy atom. The van der Waals surface area contributed by atoms with Gasteiger partial charge in [-0.05, 0) is 61.2 Å². The highest BCUT2D eigenvalue weighted by Crippen LogP contribution is 2.23. The first-order chi connectivity index (χ1) is 12.8. The molecule has 0 unspecified atom stereocenters. The predicted octanol–water partition coefficient (Wildman–Crippen LogP) is 4.87. The van der Waals surface area contributed by atoms with Crippen molar-refractivity contribution >= 4 is 5.91 Å². The molecular formula is C24H34N2O. The highest BCUT2D eigenvalue weighted by atomic mass is 16.1. The van der Waals surface area contributed by atoms with Crippen LogP contribution in [0.25, 0.3) is 11.1 Å². The fourth-order valence-electron chi connectivity index (χ4n) is 3.26. The quantitative estimate of drug-likeness (QED) is 0.723. The van der Waals surface area contributed by atoms with E-state index in [-0.39, 0.29) is 11.9 Å². The summed E-state index contributed by atoms with van der Waals surface area (Å²) in [4.78, 5) is 14.9. The lowest BCUT2D eigenvalue weighted by atomic mass is 9.97. The second kappa shape index (κ2) is 9.70. The maximum atomic E-state index is 12.8. The van der Waals surface area contributed by atoms with Gasteiger partial charge in [-0.3, -0.25) is 4.79 Å². The number of nitrogens with zero attached hydrogens (tertiary/aromatic N) is 1. The smallest absolute Gasteiger partial charge is 0.251 e. The summed E-state index contributed by atoms with van der Waals surface area (Å²) in [5.41, 5.74) is 4.30. The minimum absolute atomic E-state index is 0.00395. The van der Waals surface area contributed by atoms with E-state index in [0.29, 0.717) is 17.4 Å². The molecule has 3 heteroatoms. The Labute approximate surface area is 164 Å². The van der Waals surface area contributed by atoms with E-state index >= 15 is 0 Å². The van der Waals surface area contributed by atoms with E-state index < -0.39 is 0 Å². The third kappa shape index (κ3) is 6.51. The van der Waals surface area contributed by atoms with Gasteiger partial charge in [0.25, 0.3) is 5.91 Å². The lowest BCUT2D eigenvalue weighted by Crippen LogP contribution is -2.45. The van der Waals surface area contributed by atoms with E-state index in [9.17, 15) is 4.79 Å². The molecule has 0 aliphatic heterocycles. The number of hydrogen-bond acceptors (Lipinski definition) is 2. The maximum Gasteiger partial charge on any atom is 0.251 e. The van der Waals surface area contributed by atoms with E-state index in [1.54, 1.807) is 0 Å². The van der Waals surface area contributed by atoms with Crippen LogP contribution in [0, 0.1) is 11.8 Å². The van der Waals surface area contributed by atoms with Crippen molar-refractivity contribution in [3.05, 3.63) is 59.7 Å². The number of carbonyl (C=O) groups excluding carboxylic acids is 1. The van der Waals surface area contributed by atoms with Crippen LogP contribution < -0.4 is 5.32 Å². The number of carbonyl (C=O) groups is 1. The van der Waals surface area contributed by atoms with Crippen molar-refractivity contribution in [1.82, 2.24) is 10.2 Å². The van der Waals surface area contributed by atoms with Crippen LogP contribution in [0.3, 0.4) is 0 Å². The highest BCUT2D eigenvalue weighted by Gasteiger charge is 2.18. The van der Waals surface area contributed by atoms with Gasteiger partial charge in [0.05, 0.1) is 0 Å². The standard InChI is InChI=1S/C24H34N2O/c1-17(2)13-19-9-7-10-20(14-19)21-11-8-12-22(15-21)24(27)25-23(18(3)4)16-26(5)6/h7-12,14-15,17-18,23H,13,16H2,1-6H3,(H,25,27)/t23-/m0/s1. The fraction of sp³-hybridized carbons (Fsp3) is 0.458. The Balaban J connectivity index is 2.20. The average molecular weight is 367 g/mol. The minimum Gasteiger partial charge on any atom is -0.348 e. The molecule has 0 aromatic heterocycles. The second-order valence-corrected chi connectivity index (χ2v) is 8.47. The Hall–Kier alpha value is -2.13. The first kappa shape index (κ1) is 21.2. The fourth-order valence-corrected chi connectivity index (χ4v) is 3.26. The number of likely N-dealkylation sites (N-methyl/N-ethyl adjacent to an activating group) is 1. The zero-order chi connectivity index (χ0) is 20.0. The molecule has 0 aliphatic rings. The lowest BCUT2D eigenvalue weighted by molar-refractivity contribution is 0.0916. The largest absolute Gasteiger partial charge is 0.348 e. The van der Waals surface area contributed by atoms with Gasteiger partial charge in [-0.1, -0.05) is 64.1 Å². The zero-order valence-electron chi connectivity index (χ0n) is 17.6. The molecule has 2 aromatic rings. The molecular weight excluding hydrogens is 332 g/mol. The van der Waals surface area contributed by atoms with Crippen molar-refractivity contribution in [3.63, 3.8) is 0 Å². The Morgan fingerprint density at radius 1 is 0.963 bits per heavy atom. The topological polar surface area (TPSA) is 32.3 Å². The van der Waals surface area contributed by atoms with E-state index in [1.165, 1.54) is 5.56 Å². The molecule has 0 aliphatic carbocycles. The van der Waals surface area contributed by atoms with Crippen molar-refractivity contribution in [2.24, 2.45) is 11.8 Å². The summed E-state index contributed by atoms with van der Waals surface area (Å²) in [7, 11) is 4.07. The summed E-state index contributed by atoms with van der Waals surface area (Å²) in [5, 5.41) is 3.20. The van der Waals surface area contributed by atoms with Crippen LogP contribution in [-0.2, 0) is 6.42 Å². The van der Waals surface area contributed by atoms with E-state index in [4.69, 9.17) is 0 Å². The molecule has 1 N–H and O–H groups in total. The zero-order valence-corrected chi connectivity index (χ0v) is 17.6. The second-order valence-electron chi connectivity index (χ2n) is 8.47. The van der Waals surface area contributed by atoms with Gasteiger partial charge in [0.1, 0.15) is 0 Å². The minimum atomic E-state index is -0.00395. The Bertz CT molecular complexity index is 750. The molecule has 0 spiro atoms. The van der Waals surface area contributed by atoms with Crippen LogP contribution in [-0.4, -0.2) is 37.5 Å². The summed E-state index contributed by atoms with van der Waals surface area (Å²) in [6.45, 7) is 9.59. The summed E-state index contributed by atoms with van der Waals surface area (Å²) >= 11 is 0. The van der Waals surface area contributed by atoms with Gasteiger partial charge in [-0.2, -0.15) is 0 Å². The molecule has 0 saturated carbocycles. The van der Waals surface area contributed by atoms with Crippen LogP contribution in [0.5, 0.6) is 0 Å². The molecule has 1 atom stereocenters. The van der Waals surface area contributed by atoms with Crippen LogP contribution in [0.2, 0.25) is 0 Å². The van der Waals surface area contributed by atoms with Gasteiger partial charge in [0.2, 0.25) is 0 Å². The predicted molar refractivity (Wildman–Crippen MR) is 115 cm³/mol. The van der Waals surface area contributed by atoms with E-state index in [2.05, 4.69) is 68.2 Å². The Kier molecular flexibility index (Phi) is 7.61. The van der Waals surface area contributed by atoms with Crippen molar-refractivity contribution in [2.75, 3.05) is 20.6 Å². The summed E-state index contributed by atoms with van der Waals surface area (Å²) in [6, 6.07) is 16.7. The first-order valence-corrected chi connectivity index (χ1v) is 9.91. The number of hydrogen-bond donors (Lipinski definition) is 1. The van der Waals surface area contributed by atoms with Gasteiger partial charge < -0.3 is 10.2 Å². The van der Waals surface area contributed by atoms with Crippen LogP contribution in [0.1, 0.15) is 43.6 Å². The number of amides is 1. The number of nitrogens with one attached hydrogen (secondary N) is 1. The Morgan fingerprint density at radius 3 is 2.19 bits per heavy atom. The lowest BCUT2D eigenvalue weighted by Gasteiger charge is -2.25. The van der Waals surface area contributed by atoms with Gasteiger partial charge in [-0.15, -0.1) is 0 Å². The summed E-state index contributed by atoms with van der Waals surface area (Å²) in [5.74, 6) is 1.00. The molecule has 1 amide bonds. The van der Waals surface area contributed by atoms with Gasteiger partial charge in [-0.25, -0.2) is 0 Å². The van der Waals surface area contributed by atoms with Crippen molar-refractivity contribution in [3.8, 4) is 11.1 Å². The SMILES string of the molecule is CC(C)Cc1cccc(-c2cccc(C(=O)N[C@@H](CN(C)C)C(C)C)c2)c1. The third-order valence-electron chi connectivity index (χ3n) is 4.71. The average Bonchev–Trinajstić information content (AvgIpc) is 2.60. The normalized spacial score (nSPS) is 12.6. The summed E-state index contributed by atoms with van der Waals surface area (Å²) < 4.78 is 0. The molecule has 2 rings (SSSR count). The molecule has 0 radical (unpaired) electrons. The van der Waals surface area contributed by atoms with E-state index in [1.807, 2.05) is 32.3 Å². The van der Waals surface area contributed by atoms with Crippen molar-refractivity contribution in [1.29, 1.82) is 0 Å². The van der Waals surface area contributed by atoms with Crippen molar-refractivity contribution in [2.45, 2.75) is 40.2 Å². The van der Waals surface area contributed by atoms with Gasteiger partial charge in [0, 0.05) is 18.2 Å². The van der Waals surface area contributed by atoms with Crippen LogP contribution >= 0.6 is 0 Å². The molecule has 0 heterocycles. The molecule has 27 heavy (non-hydrogen) atoms. The monoisotopic (exact) mass is 366 g/mol. The molecule has 0 fully saturated rings. The van der Waals surface area contributed by atoms with Crippen LogP contribution in [0.4, 0.5) is 0 Å². The van der Waals surface area contributed by atoms with Gasteiger partial charge in [0.15, 0.2) is 0 Å². The molecule has 146 valence electrons. The molecule has 2 aromatic carbocycles. The number of benzene rings is 2.